The van der Waals surface area contributed by atoms with Gasteiger partial charge in [-0.15, -0.1) is 5.10 Å². The van der Waals surface area contributed by atoms with Crippen molar-refractivity contribution in [3.8, 4) is 0 Å². The van der Waals surface area contributed by atoms with E-state index in [4.69, 9.17) is 0 Å². The Labute approximate surface area is 125 Å². The Kier molecular flexibility index (Phi) is 3.86. The number of nitrogens with zero attached hydrogens (tertiary/aromatic N) is 4. The summed E-state index contributed by atoms with van der Waals surface area (Å²) < 4.78 is 1.20. The molecule has 3 rings (SSSR count). The van der Waals surface area contributed by atoms with E-state index >= 15 is 0 Å². The van der Waals surface area contributed by atoms with Gasteiger partial charge in [-0.1, -0.05) is 17.3 Å². The summed E-state index contributed by atoms with van der Waals surface area (Å²) in [6.45, 7) is 0.169. The van der Waals surface area contributed by atoms with Crippen LogP contribution in [0.4, 0.5) is 5.69 Å². The Morgan fingerprint density at radius 1 is 1.18 bits per heavy atom. The highest BCUT2D eigenvalue weighted by molar-refractivity contribution is 5.90. The molecule has 0 bridgehead atoms. The van der Waals surface area contributed by atoms with Crippen molar-refractivity contribution in [2.45, 2.75) is 13.0 Å². The van der Waals surface area contributed by atoms with E-state index in [1.165, 1.54) is 4.68 Å². The van der Waals surface area contributed by atoms with Crippen molar-refractivity contribution in [1.29, 1.82) is 0 Å². The summed E-state index contributed by atoms with van der Waals surface area (Å²) in [6.07, 6.45) is 3.31. The van der Waals surface area contributed by atoms with Gasteiger partial charge in [-0.05, 0) is 24.3 Å². The molecule has 0 radical (unpaired) electrons. The monoisotopic (exact) mass is 295 g/mol. The summed E-state index contributed by atoms with van der Waals surface area (Å²) in [5, 5.41) is 11.0. The zero-order chi connectivity index (χ0) is 15.4. The summed E-state index contributed by atoms with van der Waals surface area (Å²) in [4.78, 5) is 28.0. The zero-order valence-electron chi connectivity index (χ0n) is 11.6. The largest absolute Gasteiger partial charge is 0.325 e. The first-order valence-corrected chi connectivity index (χ1v) is 6.76. The molecular weight excluding hydrogens is 282 g/mol. The summed E-state index contributed by atoms with van der Waals surface area (Å²) in [5.41, 5.74) is 0.910. The van der Waals surface area contributed by atoms with Crippen LogP contribution in [-0.4, -0.2) is 25.9 Å². The van der Waals surface area contributed by atoms with Gasteiger partial charge in [0.2, 0.25) is 5.91 Å². The summed E-state index contributed by atoms with van der Waals surface area (Å²) in [5.74, 6) is -0.213. The SMILES string of the molecule is O=C(CCn1nnc2ccccc2c1=O)Nc1cccnc1. The van der Waals surface area contributed by atoms with E-state index in [9.17, 15) is 9.59 Å². The number of hydrogen-bond acceptors (Lipinski definition) is 5. The lowest BCUT2D eigenvalue weighted by Gasteiger charge is -2.06. The highest BCUT2D eigenvalue weighted by atomic mass is 16.2. The molecule has 22 heavy (non-hydrogen) atoms. The summed E-state index contributed by atoms with van der Waals surface area (Å²) in [7, 11) is 0. The Morgan fingerprint density at radius 2 is 2.05 bits per heavy atom. The van der Waals surface area contributed by atoms with Crippen LogP contribution in [-0.2, 0) is 11.3 Å². The van der Waals surface area contributed by atoms with Gasteiger partial charge in [0, 0.05) is 12.6 Å². The van der Waals surface area contributed by atoms with Crippen molar-refractivity contribution in [1.82, 2.24) is 20.0 Å². The van der Waals surface area contributed by atoms with Gasteiger partial charge in [0.25, 0.3) is 5.56 Å². The predicted octanol–water partition coefficient (Wildman–Crippen LogP) is 1.22. The summed E-state index contributed by atoms with van der Waals surface area (Å²) in [6, 6.07) is 10.5. The first kappa shape index (κ1) is 13.9. The van der Waals surface area contributed by atoms with Gasteiger partial charge in [0.05, 0.1) is 23.8 Å². The van der Waals surface area contributed by atoms with Crippen LogP contribution in [0.3, 0.4) is 0 Å². The third kappa shape index (κ3) is 2.98. The molecule has 7 nitrogen and oxygen atoms in total. The molecule has 0 saturated carbocycles. The molecule has 0 aliphatic heterocycles. The van der Waals surface area contributed by atoms with E-state index in [-0.39, 0.29) is 24.4 Å². The number of aromatic nitrogens is 4. The van der Waals surface area contributed by atoms with Gasteiger partial charge in [0.15, 0.2) is 0 Å². The van der Waals surface area contributed by atoms with Crippen LogP contribution in [0, 0.1) is 0 Å². The van der Waals surface area contributed by atoms with Crippen LogP contribution < -0.4 is 10.9 Å². The lowest BCUT2D eigenvalue weighted by Crippen LogP contribution is -2.26. The number of hydrogen-bond donors (Lipinski definition) is 1. The fourth-order valence-corrected chi connectivity index (χ4v) is 2.04. The molecule has 0 aliphatic carbocycles. The maximum atomic E-state index is 12.2. The molecule has 7 heteroatoms. The third-order valence-corrected chi connectivity index (χ3v) is 3.13. The van der Waals surface area contributed by atoms with Crippen molar-refractivity contribution >= 4 is 22.5 Å². The first-order valence-electron chi connectivity index (χ1n) is 6.76. The molecule has 1 amide bonds. The number of aryl methyl sites for hydroxylation is 1. The molecule has 0 spiro atoms. The van der Waals surface area contributed by atoms with E-state index in [1.54, 1.807) is 48.8 Å². The fourth-order valence-electron chi connectivity index (χ4n) is 2.04. The lowest BCUT2D eigenvalue weighted by atomic mass is 10.2. The average molecular weight is 295 g/mol. The highest BCUT2D eigenvalue weighted by Gasteiger charge is 2.07. The van der Waals surface area contributed by atoms with Gasteiger partial charge in [0.1, 0.15) is 5.52 Å². The van der Waals surface area contributed by atoms with Gasteiger partial charge < -0.3 is 5.32 Å². The minimum atomic E-state index is -0.250. The summed E-state index contributed by atoms with van der Waals surface area (Å²) >= 11 is 0. The topological polar surface area (TPSA) is 89.8 Å². The van der Waals surface area contributed by atoms with Crippen molar-refractivity contribution in [3.63, 3.8) is 0 Å². The Bertz CT molecular complexity index is 860. The molecule has 2 aromatic heterocycles. The van der Waals surface area contributed by atoms with Crippen molar-refractivity contribution in [2.75, 3.05) is 5.32 Å². The molecule has 0 unspecified atom stereocenters. The molecule has 1 N–H and O–H groups in total. The molecule has 3 aromatic rings. The van der Waals surface area contributed by atoms with Gasteiger partial charge in [-0.2, -0.15) is 0 Å². The number of anilines is 1. The van der Waals surface area contributed by atoms with Crippen LogP contribution in [0.1, 0.15) is 6.42 Å². The normalized spacial score (nSPS) is 10.5. The van der Waals surface area contributed by atoms with E-state index in [0.717, 1.165) is 0 Å². The van der Waals surface area contributed by atoms with Crippen molar-refractivity contribution in [3.05, 3.63) is 59.1 Å². The molecular formula is C15H13N5O2. The Balaban J connectivity index is 1.70. The number of amides is 1. The maximum Gasteiger partial charge on any atom is 0.277 e. The second kappa shape index (κ2) is 6.13. The number of pyridine rings is 1. The van der Waals surface area contributed by atoms with Crippen LogP contribution in [0.25, 0.3) is 10.9 Å². The number of carbonyl (C=O) groups excluding carboxylic acids is 1. The molecule has 2 heterocycles. The predicted molar refractivity (Wildman–Crippen MR) is 81.3 cm³/mol. The second-order valence-electron chi connectivity index (χ2n) is 4.67. The zero-order valence-corrected chi connectivity index (χ0v) is 11.6. The van der Waals surface area contributed by atoms with Crippen LogP contribution in [0.15, 0.2) is 53.6 Å². The number of benzene rings is 1. The fraction of sp³-hybridized carbons (Fsp3) is 0.133. The van der Waals surface area contributed by atoms with Crippen LogP contribution in [0.2, 0.25) is 0 Å². The lowest BCUT2D eigenvalue weighted by molar-refractivity contribution is -0.116. The quantitative estimate of drug-likeness (QED) is 0.781. The minimum Gasteiger partial charge on any atom is -0.325 e. The third-order valence-electron chi connectivity index (χ3n) is 3.13. The number of carbonyl (C=O) groups is 1. The number of fused-ring (bicyclic) bond motifs is 1. The van der Waals surface area contributed by atoms with Crippen molar-refractivity contribution in [2.24, 2.45) is 0 Å². The minimum absolute atomic E-state index is 0.127. The average Bonchev–Trinajstić information content (AvgIpc) is 2.55. The van der Waals surface area contributed by atoms with Crippen LogP contribution >= 0.6 is 0 Å². The second-order valence-corrected chi connectivity index (χ2v) is 4.67. The Hall–Kier alpha value is -3.09. The number of nitrogens with one attached hydrogen (secondary N) is 1. The van der Waals surface area contributed by atoms with E-state index in [1.807, 2.05) is 0 Å². The molecule has 0 fully saturated rings. The smallest absolute Gasteiger partial charge is 0.277 e. The first-order chi connectivity index (χ1) is 10.7. The standard InChI is InChI=1S/C15H13N5O2/c21-14(17-11-4-3-8-16-10-11)7-9-20-15(22)12-5-1-2-6-13(12)18-19-20/h1-6,8,10H,7,9H2,(H,17,21). The van der Waals surface area contributed by atoms with E-state index in [2.05, 4.69) is 20.6 Å². The maximum absolute atomic E-state index is 12.2. The van der Waals surface area contributed by atoms with Crippen LogP contribution in [0.5, 0.6) is 0 Å². The van der Waals surface area contributed by atoms with Gasteiger partial charge in [-0.25, -0.2) is 4.68 Å². The molecule has 110 valence electrons. The van der Waals surface area contributed by atoms with Crippen molar-refractivity contribution < 1.29 is 4.79 Å². The van der Waals surface area contributed by atoms with E-state index < -0.39 is 0 Å². The molecule has 0 aliphatic rings. The van der Waals surface area contributed by atoms with Gasteiger partial charge >= 0.3 is 0 Å². The highest BCUT2D eigenvalue weighted by Crippen LogP contribution is 2.05. The molecule has 0 atom stereocenters. The van der Waals surface area contributed by atoms with E-state index in [0.29, 0.717) is 16.6 Å². The number of rotatable bonds is 4. The van der Waals surface area contributed by atoms with Gasteiger partial charge in [-0.3, -0.25) is 14.6 Å². The Morgan fingerprint density at radius 3 is 2.86 bits per heavy atom. The molecule has 1 aromatic carbocycles. The molecule has 0 saturated heterocycles.